The summed E-state index contributed by atoms with van der Waals surface area (Å²) in [6.45, 7) is -0.0156. The quantitative estimate of drug-likeness (QED) is 0.826. The van der Waals surface area contributed by atoms with E-state index in [1.54, 1.807) is 18.0 Å². The van der Waals surface area contributed by atoms with Crippen LogP contribution < -0.4 is 0 Å². The minimum absolute atomic E-state index is 0.0156. The molecule has 2 aromatic carbocycles. The number of nitrogens with zero attached hydrogens (tertiary/aromatic N) is 1. The van der Waals surface area contributed by atoms with E-state index in [1.165, 1.54) is 23.9 Å². The van der Waals surface area contributed by atoms with Crippen LogP contribution in [0.25, 0.3) is 0 Å². The van der Waals surface area contributed by atoms with Gasteiger partial charge in [0.2, 0.25) is 0 Å². The number of carbonyl (C=O) groups excluding carboxylic acids is 1. The number of thioether (sulfide) groups is 1. The van der Waals surface area contributed by atoms with Crippen LogP contribution in [0.3, 0.4) is 0 Å². The molecule has 0 aliphatic carbocycles. The minimum Gasteiger partial charge on any atom is -0.396 e. The van der Waals surface area contributed by atoms with Gasteiger partial charge in [-0.15, -0.1) is 0 Å². The summed E-state index contributed by atoms with van der Waals surface area (Å²) in [5.74, 6) is 0.0493. The maximum Gasteiger partial charge on any atom is 0.254 e. The number of hydrogen-bond donors (Lipinski definition) is 1. The molecule has 1 unspecified atom stereocenters. The molecule has 0 heterocycles. The highest BCUT2D eigenvalue weighted by molar-refractivity contribution is 7.97. The Hall–Kier alpha value is -1.85. The fourth-order valence-corrected chi connectivity index (χ4v) is 3.23. The first kappa shape index (κ1) is 18.5. The highest BCUT2D eigenvalue weighted by Crippen LogP contribution is 2.25. The maximum atomic E-state index is 13.8. The van der Waals surface area contributed by atoms with Gasteiger partial charge in [-0.05, 0) is 42.0 Å². The predicted octanol–water partition coefficient (Wildman–Crippen LogP) is 3.88. The van der Waals surface area contributed by atoms with E-state index in [1.807, 2.05) is 36.6 Å². The van der Waals surface area contributed by atoms with Crippen molar-refractivity contribution < 1.29 is 14.3 Å². The van der Waals surface area contributed by atoms with Crippen LogP contribution in [0.2, 0.25) is 0 Å². The molecule has 0 spiro atoms. The first-order chi connectivity index (χ1) is 11.6. The Balaban J connectivity index is 2.28. The van der Waals surface area contributed by atoms with Crippen LogP contribution in [0.1, 0.15) is 33.9 Å². The highest BCUT2D eigenvalue weighted by atomic mass is 32.2. The van der Waals surface area contributed by atoms with Crippen LogP contribution in [-0.4, -0.2) is 35.8 Å². The van der Waals surface area contributed by atoms with E-state index >= 15 is 0 Å². The summed E-state index contributed by atoms with van der Waals surface area (Å²) >= 11 is 1.51. The molecule has 1 N–H and O–H groups in total. The van der Waals surface area contributed by atoms with Gasteiger partial charge >= 0.3 is 0 Å². The fraction of sp³-hybridized carbons (Fsp3) is 0.316. The summed E-state index contributed by atoms with van der Waals surface area (Å²) in [5.41, 5.74) is 1.95. The summed E-state index contributed by atoms with van der Waals surface area (Å²) in [7, 11) is 1.72. The molecule has 0 aliphatic heterocycles. The molecule has 1 amide bonds. The van der Waals surface area contributed by atoms with Crippen LogP contribution in [0.4, 0.5) is 4.39 Å². The van der Waals surface area contributed by atoms with Crippen molar-refractivity contribution in [2.75, 3.05) is 19.9 Å². The Bertz CT molecular complexity index is 678. The Kier molecular flexibility index (Phi) is 6.82. The van der Waals surface area contributed by atoms with Crippen molar-refractivity contribution >= 4 is 17.7 Å². The average Bonchev–Trinajstić information content (AvgIpc) is 2.61. The predicted molar refractivity (Wildman–Crippen MR) is 96.6 cm³/mol. The monoisotopic (exact) mass is 347 g/mol. The number of aliphatic hydroxyl groups excluding tert-OH is 1. The van der Waals surface area contributed by atoms with Crippen LogP contribution >= 0.6 is 11.8 Å². The van der Waals surface area contributed by atoms with E-state index in [4.69, 9.17) is 0 Å². The molecule has 3 nitrogen and oxygen atoms in total. The molecule has 0 saturated carbocycles. The number of hydrogen-bond acceptors (Lipinski definition) is 3. The maximum absolute atomic E-state index is 13.8. The molecule has 0 fully saturated rings. The molecule has 0 aliphatic rings. The average molecular weight is 347 g/mol. The van der Waals surface area contributed by atoms with E-state index in [9.17, 15) is 14.3 Å². The zero-order valence-electron chi connectivity index (χ0n) is 13.9. The molecule has 5 heteroatoms. The molecule has 1 atom stereocenters. The Morgan fingerprint density at radius 3 is 2.58 bits per heavy atom. The van der Waals surface area contributed by atoms with Gasteiger partial charge < -0.3 is 10.0 Å². The molecular formula is C19H22FNO2S. The third-order valence-electron chi connectivity index (χ3n) is 3.97. The minimum atomic E-state index is -0.293. The molecule has 2 aromatic rings. The van der Waals surface area contributed by atoms with Crippen molar-refractivity contribution in [1.29, 1.82) is 0 Å². The van der Waals surface area contributed by atoms with Crippen molar-refractivity contribution in [1.82, 2.24) is 4.90 Å². The van der Waals surface area contributed by atoms with Crippen LogP contribution in [-0.2, 0) is 5.75 Å². The number of amides is 1. The molecular weight excluding hydrogens is 325 g/mol. The summed E-state index contributed by atoms with van der Waals surface area (Å²) in [6, 6.07) is 13.9. The summed E-state index contributed by atoms with van der Waals surface area (Å²) in [4.78, 5) is 14.4. The summed E-state index contributed by atoms with van der Waals surface area (Å²) in [5, 5.41) is 9.36. The van der Waals surface area contributed by atoms with E-state index in [2.05, 4.69) is 0 Å². The fourth-order valence-electron chi connectivity index (χ4n) is 2.70. The van der Waals surface area contributed by atoms with Crippen LogP contribution in [0.5, 0.6) is 0 Å². The van der Waals surface area contributed by atoms with Gasteiger partial charge in [0.1, 0.15) is 5.82 Å². The number of carbonyl (C=O) groups is 1. The Labute approximate surface area is 146 Å². The van der Waals surface area contributed by atoms with E-state index < -0.39 is 0 Å². The van der Waals surface area contributed by atoms with Crippen LogP contribution in [0, 0.1) is 5.82 Å². The largest absolute Gasteiger partial charge is 0.396 e. The van der Waals surface area contributed by atoms with Gasteiger partial charge in [-0.3, -0.25) is 4.79 Å². The molecule has 0 saturated heterocycles. The lowest BCUT2D eigenvalue weighted by Crippen LogP contribution is -2.32. The second-order valence-corrected chi connectivity index (χ2v) is 6.46. The van der Waals surface area contributed by atoms with Gasteiger partial charge in [0, 0.05) is 25.0 Å². The Morgan fingerprint density at radius 1 is 1.25 bits per heavy atom. The van der Waals surface area contributed by atoms with Gasteiger partial charge in [0.15, 0.2) is 0 Å². The number of benzene rings is 2. The molecule has 0 radical (unpaired) electrons. The topological polar surface area (TPSA) is 40.5 Å². The van der Waals surface area contributed by atoms with Gasteiger partial charge in [-0.1, -0.05) is 30.3 Å². The second-order valence-electron chi connectivity index (χ2n) is 5.59. The first-order valence-corrected chi connectivity index (χ1v) is 9.18. The highest BCUT2D eigenvalue weighted by Gasteiger charge is 2.23. The van der Waals surface area contributed by atoms with E-state index in [0.29, 0.717) is 23.3 Å². The number of halogens is 1. The lowest BCUT2D eigenvalue weighted by molar-refractivity contribution is 0.0705. The van der Waals surface area contributed by atoms with Crippen molar-refractivity contribution in [2.24, 2.45) is 0 Å². The van der Waals surface area contributed by atoms with E-state index in [-0.39, 0.29) is 24.4 Å². The SMILES string of the molecule is CSCc1cc(C(=O)N(C)C(CCO)c2ccccc2)ccc1F. The number of rotatable bonds is 7. The second kappa shape index (κ2) is 8.85. The third-order valence-corrected chi connectivity index (χ3v) is 4.57. The van der Waals surface area contributed by atoms with Crippen molar-refractivity contribution in [2.45, 2.75) is 18.2 Å². The summed E-state index contributed by atoms with van der Waals surface area (Å²) < 4.78 is 13.8. The van der Waals surface area contributed by atoms with Crippen molar-refractivity contribution in [3.8, 4) is 0 Å². The lowest BCUT2D eigenvalue weighted by atomic mass is 10.0. The van der Waals surface area contributed by atoms with E-state index in [0.717, 1.165) is 5.56 Å². The molecule has 0 aromatic heterocycles. The zero-order valence-corrected chi connectivity index (χ0v) is 14.7. The smallest absolute Gasteiger partial charge is 0.254 e. The summed E-state index contributed by atoms with van der Waals surface area (Å²) in [6.07, 6.45) is 2.35. The van der Waals surface area contributed by atoms with Gasteiger partial charge in [0.25, 0.3) is 5.91 Å². The molecule has 0 bridgehead atoms. The van der Waals surface area contributed by atoms with Crippen molar-refractivity contribution in [3.63, 3.8) is 0 Å². The number of aliphatic hydroxyl groups is 1. The van der Waals surface area contributed by atoms with Gasteiger partial charge in [-0.2, -0.15) is 11.8 Å². The molecule has 2 rings (SSSR count). The lowest BCUT2D eigenvalue weighted by Gasteiger charge is -2.28. The standard InChI is InChI=1S/C19H22FNO2S/c1-21(18(10-11-22)14-6-4-3-5-7-14)19(23)15-8-9-17(20)16(12-15)13-24-2/h3-9,12,18,22H,10-11,13H2,1-2H3. The zero-order chi connectivity index (χ0) is 17.5. The van der Waals surface area contributed by atoms with Gasteiger partial charge in [-0.25, -0.2) is 4.39 Å². The normalized spacial score (nSPS) is 12.0. The molecule has 128 valence electrons. The van der Waals surface area contributed by atoms with Crippen LogP contribution in [0.15, 0.2) is 48.5 Å². The van der Waals surface area contributed by atoms with Gasteiger partial charge in [0.05, 0.1) is 6.04 Å². The Morgan fingerprint density at radius 2 is 1.96 bits per heavy atom. The third kappa shape index (κ3) is 4.36. The first-order valence-electron chi connectivity index (χ1n) is 7.78. The van der Waals surface area contributed by atoms with Crippen molar-refractivity contribution in [3.05, 3.63) is 71.0 Å². The molecule has 24 heavy (non-hydrogen) atoms.